The lowest BCUT2D eigenvalue weighted by Gasteiger charge is -2.33. The summed E-state index contributed by atoms with van der Waals surface area (Å²) < 4.78 is 27.0. The number of nitrogens with one attached hydrogen (secondary N) is 2. The Kier molecular flexibility index (Phi) is 9.96. The zero-order chi connectivity index (χ0) is 32.6. The average Bonchev–Trinajstić information content (AvgIpc) is 3.06. The van der Waals surface area contributed by atoms with Crippen LogP contribution in [0.2, 0.25) is 0 Å². The van der Waals surface area contributed by atoms with Crippen LogP contribution in [0.15, 0.2) is 137 Å². The van der Waals surface area contributed by atoms with Crippen LogP contribution in [0.1, 0.15) is 16.7 Å². The van der Waals surface area contributed by atoms with Gasteiger partial charge in [0.2, 0.25) is 27.8 Å². The van der Waals surface area contributed by atoms with Crippen LogP contribution in [0, 0.1) is 0 Å². The van der Waals surface area contributed by atoms with E-state index in [1.165, 1.54) is 30.3 Å². The highest BCUT2D eigenvalue weighted by atomic mass is 32.2. The number of anilines is 3. The number of carbonyl (C=O) groups excluding carboxylic acids is 1. The molecule has 0 aliphatic heterocycles. The Morgan fingerprint density at radius 1 is 0.848 bits per heavy atom. The normalized spacial score (nSPS) is 11.9. The Labute approximate surface area is 272 Å². The quantitative estimate of drug-likeness (QED) is 0.0684. The third-order valence-electron chi connectivity index (χ3n) is 6.95. The summed E-state index contributed by atoms with van der Waals surface area (Å²) in [6.45, 7) is -0.110. The number of benzene rings is 4. The minimum atomic E-state index is -3.80. The number of amides is 1. The summed E-state index contributed by atoms with van der Waals surface area (Å²) in [5.41, 5.74) is 10.1. The number of primary sulfonamides is 1. The highest BCUT2D eigenvalue weighted by Gasteiger charge is 2.38. The molecule has 0 saturated heterocycles. The van der Waals surface area contributed by atoms with Crippen LogP contribution in [-0.2, 0) is 19.6 Å². The molecule has 5 aromatic rings. The number of hydrogen-bond donors (Lipinski definition) is 4. The van der Waals surface area contributed by atoms with Crippen LogP contribution < -0.4 is 21.5 Å². The van der Waals surface area contributed by atoms with Gasteiger partial charge in [0.25, 0.3) is 0 Å². The van der Waals surface area contributed by atoms with Gasteiger partial charge in [-0.1, -0.05) is 91.0 Å². The van der Waals surface area contributed by atoms with Gasteiger partial charge in [-0.3, -0.25) is 10.1 Å². The molecule has 0 bridgehead atoms. The molecule has 0 radical (unpaired) electrons. The first-order valence-corrected chi connectivity index (χ1v) is 16.4. The Balaban J connectivity index is 1.30. The highest BCUT2D eigenvalue weighted by Crippen LogP contribution is 2.48. The average molecular weight is 653 g/mol. The van der Waals surface area contributed by atoms with Crippen molar-refractivity contribution in [2.24, 2.45) is 15.3 Å². The van der Waals surface area contributed by atoms with E-state index in [4.69, 9.17) is 15.3 Å². The van der Waals surface area contributed by atoms with E-state index >= 15 is 0 Å². The van der Waals surface area contributed by atoms with E-state index < -0.39 is 20.7 Å². The van der Waals surface area contributed by atoms with Crippen molar-refractivity contribution in [3.8, 4) is 0 Å². The zero-order valence-electron chi connectivity index (χ0n) is 24.8. The smallest absolute Gasteiger partial charge is 0.246 e. The van der Waals surface area contributed by atoms with E-state index in [0.29, 0.717) is 11.5 Å². The van der Waals surface area contributed by atoms with Gasteiger partial charge in [-0.2, -0.15) is 9.38 Å². The number of nitrogens with zero attached hydrogens (tertiary/aromatic N) is 4. The second kappa shape index (κ2) is 14.2. The summed E-state index contributed by atoms with van der Waals surface area (Å²) >= 11 is 1.32. The summed E-state index contributed by atoms with van der Waals surface area (Å²) in [5, 5.41) is 10.9. The van der Waals surface area contributed by atoms with E-state index in [-0.39, 0.29) is 23.3 Å². The SMILES string of the molecule is CN(CC(=O)Nc1nccc(Nc2ccc(S(N)(=O)=O)cc2)n1)/C(N)=N/SC(c1ccccc1)(c1ccccc1)c1ccccc1. The Morgan fingerprint density at radius 3 is 1.87 bits per heavy atom. The minimum Gasteiger partial charge on any atom is -0.369 e. The maximum Gasteiger partial charge on any atom is 0.246 e. The van der Waals surface area contributed by atoms with Crippen molar-refractivity contribution >= 4 is 51.3 Å². The van der Waals surface area contributed by atoms with Gasteiger partial charge in [0.1, 0.15) is 10.6 Å². The monoisotopic (exact) mass is 652 g/mol. The summed E-state index contributed by atoms with van der Waals surface area (Å²) in [5.74, 6) is 0.219. The van der Waals surface area contributed by atoms with Gasteiger partial charge in [-0.25, -0.2) is 18.5 Å². The summed E-state index contributed by atoms with van der Waals surface area (Å²) in [6, 6.07) is 37.8. The lowest BCUT2D eigenvalue weighted by molar-refractivity contribution is -0.116. The summed E-state index contributed by atoms with van der Waals surface area (Å²) in [6.07, 6.45) is 1.48. The van der Waals surface area contributed by atoms with Crippen molar-refractivity contribution in [2.45, 2.75) is 9.64 Å². The maximum atomic E-state index is 13.0. The van der Waals surface area contributed by atoms with E-state index in [1.807, 2.05) is 54.6 Å². The Bertz CT molecular complexity index is 1810. The van der Waals surface area contributed by atoms with Gasteiger partial charge in [0.15, 0.2) is 0 Å². The maximum absolute atomic E-state index is 13.0. The number of hydrogen-bond acceptors (Lipinski definition) is 8. The van der Waals surface area contributed by atoms with Gasteiger partial charge < -0.3 is 16.0 Å². The molecule has 11 nitrogen and oxygen atoms in total. The van der Waals surface area contributed by atoms with Crippen LogP contribution in [0.5, 0.6) is 0 Å². The van der Waals surface area contributed by atoms with Gasteiger partial charge >= 0.3 is 0 Å². The largest absolute Gasteiger partial charge is 0.369 e. The number of guanidine groups is 1. The lowest BCUT2D eigenvalue weighted by atomic mass is 9.84. The van der Waals surface area contributed by atoms with Gasteiger partial charge in [0.05, 0.1) is 11.4 Å². The molecule has 0 saturated carbocycles. The van der Waals surface area contributed by atoms with Gasteiger partial charge in [0, 0.05) is 18.9 Å². The van der Waals surface area contributed by atoms with Crippen LogP contribution >= 0.6 is 11.9 Å². The number of aromatic nitrogens is 2. The molecule has 46 heavy (non-hydrogen) atoms. The molecule has 0 aliphatic carbocycles. The molecule has 1 amide bonds. The third kappa shape index (κ3) is 7.69. The lowest BCUT2D eigenvalue weighted by Crippen LogP contribution is -2.39. The fraction of sp³-hybridized carbons (Fsp3) is 0.0909. The number of nitrogens with two attached hydrogens (primary N) is 2. The first-order chi connectivity index (χ1) is 22.1. The van der Waals surface area contributed by atoms with E-state index in [0.717, 1.165) is 16.7 Å². The van der Waals surface area contributed by atoms with E-state index in [1.54, 1.807) is 30.1 Å². The van der Waals surface area contributed by atoms with Gasteiger partial charge in [-0.05, 0) is 59.0 Å². The van der Waals surface area contributed by atoms with Crippen molar-refractivity contribution in [2.75, 3.05) is 24.2 Å². The van der Waals surface area contributed by atoms with E-state index in [9.17, 15) is 13.2 Å². The van der Waals surface area contributed by atoms with Gasteiger partial charge in [-0.15, -0.1) is 0 Å². The molecule has 0 aliphatic rings. The molecule has 4 aromatic carbocycles. The molecule has 6 N–H and O–H groups in total. The topological polar surface area (TPSA) is 169 Å². The standard InChI is InChI=1S/C33H32N8O3S2/c1-41(23-30(42)39-32-36-22-21-29(38-32)37-27-17-19-28(20-18-27)46(35,43)44)31(34)40-45-33(24-11-5-2-6-12-24,25-13-7-3-8-14-25)26-15-9-4-10-16-26/h2-22H,23H2,1H3,(H2,34,40)(H2,35,43,44)(H2,36,37,38,39,42). The Morgan fingerprint density at radius 2 is 1.37 bits per heavy atom. The van der Waals surface area contributed by atoms with Crippen molar-refractivity contribution in [1.29, 1.82) is 0 Å². The van der Waals surface area contributed by atoms with Crippen LogP contribution in [0.4, 0.5) is 17.5 Å². The van der Waals surface area contributed by atoms with E-state index in [2.05, 4.69) is 57.0 Å². The molecule has 1 aromatic heterocycles. The fourth-order valence-corrected chi connectivity index (χ4v) is 6.30. The van der Waals surface area contributed by atoms with Crippen molar-refractivity contribution in [3.05, 3.63) is 144 Å². The molecule has 5 rings (SSSR count). The number of rotatable bonds is 11. The molecular formula is C33H32N8O3S2. The van der Waals surface area contributed by atoms with Crippen molar-refractivity contribution < 1.29 is 13.2 Å². The molecule has 0 atom stereocenters. The van der Waals surface area contributed by atoms with Crippen LogP contribution in [0.3, 0.4) is 0 Å². The third-order valence-corrected chi connectivity index (χ3v) is 9.14. The predicted molar refractivity (Wildman–Crippen MR) is 183 cm³/mol. The van der Waals surface area contributed by atoms with Crippen LogP contribution in [-0.4, -0.2) is 48.7 Å². The molecule has 0 fully saturated rings. The second-order valence-corrected chi connectivity index (χ2v) is 12.7. The summed E-state index contributed by atoms with van der Waals surface area (Å²) in [4.78, 5) is 22.9. The fourth-order valence-electron chi connectivity index (χ4n) is 4.69. The molecular weight excluding hydrogens is 621 g/mol. The van der Waals surface area contributed by atoms with Crippen molar-refractivity contribution in [1.82, 2.24) is 14.9 Å². The molecule has 234 valence electrons. The Hall–Kier alpha value is -5.24. The number of sulfonamides is 1. The molecule has 1 heterocycles. The predicted octanol–water partition coefficient (Wildman–Crippen LogP) is 4.69. The second-order valence-electron chi connectivity index (χ2n) is 10.2. The molecule has 0 spiro atoms. The van der Waals surface area contributed by atoms with Crippen molar-refractivity contribution in [3.63, 3.8) is 0 Å². The minimum absolute atomic E-state index is 0.00934. The zero-order valence-corrected chi connectivity index (χ0v) is 26.4. The molecule has 0 unspecified atom stereocenters. The van der Waals surface area contributed by atoms with Crippen LogP contribution in [0.25, 0.3) is 0 Å². The first-order valence-electron chi connectivity index (χ1n) is 14.1. The summed E-state index contributed by atoms with van der Waals surface area (Å²) in [7, 11) is -2.12. The first kappa shape index (κ1) is 32.2. The molecule has 13 heteroatoms. The highest BCUT2D eigenvalue weighted by molar-refractivity contribution is 7.99. The number of carbonyl (C=O) groups is 1. The number of likely N-dealkylation sites (N-methyl/N-ethyl adjacent to an activating group) is 1.